The standard InChI is InChI=1S/C18H31N3O3/c22-17-3-1-2-8-21(17)11-12-24-18(23)14-20-9-5-15(6-10-20)16-4-7-19-13-16/h15-16,19H,1-14H2. The molecule has 3 saturated heterocycles. The zero-order valence-electron chi connectivity index (χ0n) is 14.7. The van der Waals surface area contributed by atoms with Gasteiger partial charge in [0.2, 0.25) is 5.91 Å². The van der Waals surface area contributed by atoms with Crippen LogP contribution in [0.5, 0.6) is 0 Å². The largest absolute Gasteiger partial charge is 0.463 e. The van der Waals surface area contributed by atoms with E-state index in [-0.39, 0.29) is 11.9 Å². The Labute approximate surface area is 144 Å². The average Bonchev–Trinajstić information content (AvgIpc) is 3.12. The third-order valence-corrected chi connectivity index (χ3v) is 5.80. The molecule has 1 amide bonds. The predicted octanol–water partition coefficient (Wildman–Crippen LogP) is 0.864. The van der Waals surface area contributed by atoms with Crippen LogP contribution in [-0.4, -0.2) is 74.1 Å². The molecular weight excluding hydrogens is 306 g/mol. The summed E-state index contributed by atoms with van der Waals surface area (Å²) >= 11 is 0. The molecule has 3 fully saturated rings. The maximum absolute atomic E-state index is 12.0. The highest BCUT2D eigenvalue weighted by Gasteiger charge is 2.29. The lowest BCUT2D eigenvalue weighted by Crippen LogP contribution is -2.41. The van der Waals surface area contributed by atoms with E-state index in [0.717, 1.165) is 50.9 Å². The molecule has 3 rings (SSSR count). The van der Waals surface area contributed by atoms with E-state index < -0.39 is 0 Å². The first kappa shape index (κ1) is 17.7. The summed E-state index contributed by atoms with van der Waals surface area (Å²) in [6.07, 6.45) is 6.39. The molecule has 0 saturated carbocycles. The summed E-state index contributed by atoms with van der Waals surface area (Å²) in [5, 5.41) is 3.45. The van der Waals surface area contributed by atoms with Gasteiger partial charge in [-0.05, 0) is 70.1 Å². The molecule has 1 unspecified atom stereocenters. The summed E-state index contributed by atoms with van der Waals surface area (Å²) in [5.74, 6) is 1.69. The Bertz CT molecular complexity index is 429. The van der Waals surface area contributed by atoms with E-state index in [2.05, 4.69) is 10.2 Å². The van der Waals surface area contributed by atoms with E-state index in [9.17, 15) is 9.59 Å². The van der Waals surface area contributed by atoms with E-state index in [1.165, 1.54) is 25.8 Å². The van der Waals surface area contributed by atoms with Crippen molar-refractivity contribution in [2.24, 2.45) is 11.8 Å². The number of hydrogen-bond acceptors (Lipinski definition) is 5. The van der Waals surface area contributed by atoms with Crippen molar-refractivity contribution in [3.8, 4) is 0 Å². The fourth-order valence-corrected chi connectivity index (χ4v) is 4.26. The van der Waals surface area contributed by atoms with Gasteiger partial charge in [-0.2, -0.15) is 0 Å². The van der Waals surface area contributed by atoms with E-state index >= 15 is 0 Å². The number of piperidine rings is 2. The van der Waals surface area contributed by atoms with Gasteiger partial charge < -0.3 is 15.0 Å². The van der Waals surface area contributed by atoms with Crippen LogP contribution in [0.4, 0.5) is 0 Å². The van der Waals surface area contributed by atoms with Crippen LogP contribution in [0.3, 0.4) is 0 Å². The monoisotopic (exact) mass is 337 g/mol. The van der Waals surface area contributed by atoms with Crippen LogP contribution in [0.1, 0.15) is 38.5 Å². The van der Waals surface area contributed by atoms with Crippen molar-refractivity contribution in [1.82, 2.24) is 15.1 Å². The Morgan fingerprint density at radius 1 is 1.12 bits per heavy atom. The van der Waals surface area contributed by atoms with Crippen molar-refractivity contribution in [2.75, 3.05) is 52.4 Å². The lowest BCUT2D eigenvalue weighted by atomic mass is 9.84. The first-order valence-corrected chi connectivity index (χ1v) is 9.59. The molecule has 3 heterocycles. The summed E-state index contributed by atoms with van der Waals surface area (Å²) in [6, 6.07) is 0. The molecule has 0 radical (unpaired) electrons. The van der Waals surface area contributed by atoms with Gasteiger partial charge in [0.25, 0.3) is 0 Å². The quantitative estimate of drug-likeness (QED) is 0.729. The first-order chi connectivity index (χ1) is 11.7. The number of esters is 1. The van der Waals surface area contributed by atoms with Crippen LogP contribution in [0.25, 0.3) is 0 Å². The molecule has 3 aliphatic rings. The van der Waals surface area contributed by atoms with Crippen molar-refractivity contribution < 1.29 is 14.3 Å². The average molecular weight is 337 g/mol. The zero-order valence-corrected chi connectivity index (χ0v) is 14.7. The second-order valence-corrected chi connectivity index (χ2v) is 7.42. The van der Waals surface area contributed by atoms with E-state index in [0.29, 0.717) is 26.1 Å². The van der Waals surface area contributed by atoms with E-state index in [1.54, 1.807) is 0 Å². The predicted molar refractivity (Wildman–Crippen MR) is 91.5 cm³/mol. The van der Waals surface area contributed by atoms with Gasteiger partial charge in [0.1, 0.15) is 6.61 Å². The molecule has 0 aromatic rings. The lowest BCUT2D eigenvalue weighted by molar-refractivity contribution is -0.147. The molecule has 24 heavy (non-hydrogen) atoms. The van der Waals surface area contributed by atoms with Crippen molar-refractivity contribution >= 4 is 11.9 Å². The molecule has 0 aromatic carbocycles. The van der Waals surface area contributed by atoms with Crippen LogP contribution in [0.2, 0.25) is 0 Å². The Morgan fingerprint density at radius 2 is 1.96 bits per heavy atom. The third kappa shape index (κ3) is 4.93. The second kappa shape index (κ2) is 8.81. The van der Waals surface area contributed by atoms with Gasteiger partial charge in [-0.1, -0.05) is 0 Å². The molecule has 136 valence electrons. The highest BCUT2D eigenvalue weighted by atomic mass is 16.5. The van der Waals surface area contributed by atoms with E-state index in [4.69, 9.17) is 4.74 Å². The maximum atomic E-state index is 12.0. The highest BCUT2D eigenvalue weighted by molar-refractivity contribution is 5.76. The summed E-state index contributed by atoms with van der Waals surface area (Å²) < 4.78 is 5.34. The molecule has 6 nitrogen and oxygen atoms in total. The van der Waals surface area contributed by atoms with Gasteiger partial charge in [0, 0.05) is 13.0 Å². The fraction of sp³-hybridized carbons (Fsp3) is 0.889. The van der Waals surface area contributed by atoms with Crippen molar-refractivity contribution in [3.63, 3.8) is 0 Å². The van der Waals surface area contributed by atoms with Gasteiger partial charge in [-0.3, -0.25) is 14.5 Å². The van der Waals surface area contributed by atoms with Gasteiger partial charge in [-0.25, -0.2) is 0 Å². The minimum absolute atomic E-state index is 0.152. The minimum atomic E-state index is -0.152. The number of ether oxygens (including phenoxy) is 1. The smallest absolute Gasteiger partial charge is 0.320 e. The Kier molecular flexibility index (Phi) is 6.49. The Morgan fingerprint density at radius 3 is 2.67 bits per heavy atom. The number of likely N-dealkylation sites (tertiary alicyclic amines) is 2. The maximum Gasteiger partial charge on any atom is 0.320 e. The number of rotatable bonds is 6. The highest BCUT2D eigenvalue weighted by Crippen LogP contribution is 2.28. The zero-order chi connectivity index (χ0) is 16.8. The molecule has 0 aromatic heterocycles. The number of nitrogens with zero attached hydrogens (tertiary/aromatic N) is 2. The minimum Gasteiger partial charge on any atom is -0.463 e. The molecule has 6 heteroatoms. The van der Waals surface area contributed by atoms with E-state index in [1.807, 2.05) is 4.90 Å². The number of carbonyl (C=O) groups is 2. The molecule has 3 aliphatic heterocycles. The van der Waals surface area contributed by atoms with Gasteiger partial charge in [0.15, 0.2) is 0 Å². The summed E-state index contributed by atoms with van der Waals surface area (Å²) in [5.41, 5.74) is 0. The molecule has 1 N–H and O–H groups in total. The topological polar surface area (TPSA) is 61.9 Å². The molecule has 0 bridgehead atoms. The number of amides is 1. The van der Waals surface area contributed by atoms with Crippen molar-refractivity contribution in [3.05, 3.63) is 0 Å². The number of carbonyl (C=O) groups excluding carboxylic acids is 2. The van der Waals surface area contributed by atoms with Crippen LogP contribution < -0.4 is 5.32 Å². The number of nitrogens with one attached hydrogen (secondary N) is 1. The normalized spacial score (nSPS) is 26.8. The summed E-state index contributed by atoms with van der Waals surface area (Å²) in [4.78, 5) is 27.7. The number of hydrogen-bond donors (Lipinski definition) is 1. The first-order valence-electron chi connectivity index (χ1n) is 9.59. The van der Waals surface area contributed by atoms with Gasteiger partial charge >= 0.3 is 5.97 Å². The summed E-state index contributed by atoms with van der Waals surface area (Å²) in [7, 11) is 0. The van der Waals surface area contributed by atoms with Crippen LogP contribution in [-0.2, 0) is 14.3 Å². The van der Waals surface area contributed by atoms with Gasteiger partial charge in [-0.15, -0.1) is 0 Å². The molecule has 0 aliphatic carbocycles. The second-order valence-electron chi connectivity index (χ2n) is 7.42. The van der Waals surface area contributed by atoms with Crippen LogP contribution in [0.15, 0.2) is 0 Å². The summed E-state index contributed by atoms with van der Waals surface area (Å²) in [6.45, 7) is 6.40. The Hall–Kier alpha value is -1.14. The fourth-order valence-electron chi connectivity index (χ4n) is 4.26. The molecular formula is C18H31N3O3. The van der Waals surface area contributed by atoms with Crippen LogP contribution >= 0.6 is 0 Å². The van der Waals surface area contributed by atoms with Crippen molar-refractivity contribution in [2.45, 2.75) is 38.5 Å². The Balaban J connectivity index is 1.29. The molecule has 0 spiro atoms. The third-order valence-electron chi connectivity index (χ3n) is 5.80. The lowest BCUT2D eigenvalue weighted by Gasteiger charge is -2.34. The van der Waals surface area contributed by atoms with Crippen molar-refractivity contribution in [1.29, 1.82) is 0 Å². The molecule has 1 atom stereocenters. The van der Waals surface area contributed by atoms with Gasteiger partial charge in [0.05, 0.1) is 13.1 Å². The SMILES string of the molecule is O=C(CN1CCC(C2CCNC2)CC1)OCCN1CCCCC1=O. The van der Waals surface area contributed by atoms with Crippen LogP contribution in [0, 0.1) is 11.8 Å².